The maximum atomic E-state index is 12.8. The highest BCUT2D eigenvalue weighted by Crippen LogP contribution is 2.14. The molecule has 0 aromatic rings. The van der Waals surface area contributed by atoms with Crippen molar-refractivity contribution >= 4 is 17.9 Å². The van der Waals surface area contributed by atoms with Gasteiger partial charge in [-0.15, -0.1) is 0 Å². The van der Waals surface area contributed by atoms with Crippen molar-refractivity contribution in [3.63, 3.8) is 0 Å². The van der Waals surface area contributed by atoms with Gasteiger partial charge in [0.15, 0.2) is 12.4 Å². The van der Waals surface area contributed by atoms with Gasteiger partial charge in [0.2, 0.25) is 0 Å². The molecule has 0 amide bonds. The zero-order valence-electron chi connectivity index (χ0n) is 39.6. The molecule has 0 aromatic carbocycles. The third-order valence-electron chi connectivity index (χ3n) is 10.6. The van der Waals surface area contributed by atoms with Gasteiger partial charge >= 0.3 is 11.9 Å². The predicted octanol–water partition coefficient (Wildman–Crippen LogP) is 12.1. The van der Waals surface area contributed by atoms with E-state index in [9.17, 15) is 19.5 Å². The van der Waals surface area contributed by atoms with Crippen LogP contribution in [-0.2, 0) is 33.3 Å². The topological polar surface area (TPSA) is 111 Å². The Morgan fingerprint density at radius 3 is 1.38 bits per heavy atom. The molecule has 9 nitrogen and oxygen atoms in total. The number of hydrogen-bond donors (Lipinski definition) is 0. The number of carbonyl (C=O) groups excluding carboxylic acids is 3. The van der Waals surface area contributed by atoms with Gasteiger partial charge in [-0.25, -0.2) is 0 Å². The third-order valence-corrected chi connectivity index (χ3v) is 10.6. The van der Waals surface area contributed by atoms with Crippen molar-refractivity contribution < 1.29 is 42.9 Å². The van der Waals surface area contributed by atoms with E-state index in [-0.39, 0.29) is 38.6 Å². The molecule has 0 rings (SSSR count). The molecule has 0 radical (unpaired) electrons. The van der Waals surface area contributed by atoms with Crippen molar-refractivity contribution in [3.05, 3.63) is 36.5 Å². The second-order valence-corrected chi connectivity index (χ2v) is 17.7. The predicted molar refractivity (Wildman–Crippen MR) is 246 cm³/mol. The summed E-state index contributed by atoms with van der Waals surface area (Å²) in [5.41, 5.74) is 0. The molecule has 0 aliphatic carbocycles. The number of aliphatic carboxylic acids is 1. The van der Waals surface area contributed by atoms with Crippen LogP contribution in [0.3, 0.4) is 0 Å². The van der Waals surface area contributed by atoms with Gasteiger partial charge in [-0.1, -0.05) is 172 Å². The van der Waals surface area contributed by atoms with Gasteiger partial charge in [-0.05, 0) is 64.2 Å². The van der Waals surface area contributed by atoms with Crippen molar-refractivity contribution in [2.24, 2.45) is 0 Å². The fourth-order valence-electron chi connectivity index (χ4n) is 6.72. The van der Waals surface area contributed by atoms with Gasteiger partial charge < -0.3 is 33.3 Å². The van der Waals surface area contributed by atoms with Gasteiger partial charge in [0.05, 0.1) is 40.3 Å². The number of ether oxygens (including phenoxy) is 4. The summed E-state index contributed by atoms with van der Waals surface area (Å²) < 4.78 is 22.6. The lowest BCUT2D eigenvalue weighted by atomic mass is 10.1. The van der Waals surface area contributed by atoms with Crippen LogP contribution in [-0.4, -0.2) is 82.3 Å². The molecule has 0 saturated heterocycles. The van der Waals surface area contributed by atoms with Crippen molar-refractivity contribution in [2.75, 3.05) is 47.5 Å². The highest BCUT2D eigenvalue weighted by Gasteiger charge is 2.21. The first kappa shape index (κ1) is 57.5. The summed E-state index contributed by atoms with van der Waals surface area (Å²) in [5, 5.41) is 11.7. The third kappa shape index (κ3) is 43.6. The fourth-order valence-corrected chi connectivity index (χ4v) is 6.72. The first-order chi connectivity index (χ1) is 29.1. The Morgan fingerprint density at radius 2 is 0.917 bits per heavy atom. The standard InChI is InChI=1S/C51H93NO8/c1-6-8-10-12-14-16-18-20-22-23-24-25-26-27-28-30-31-33-35-37-39-41-48(53)58-45-47(46-59-51(50(55)56)57-44-43-52(3,4)5)60-49(54)42-40-38-36-34-32-29-21-19-17-15-13-11-9-7-2/h13,15,19,21,23-24,47,51H,6-12,14,16-18,20,22,25-46H2,1-5H3/b15-13-,21-19-,24-23-. The van der Waals surface area contributed by atoms with E-state index >= 15 is 0 Å². The van der Waals surface area contributed by atoms with Crippen molar-refractivity contribution in [2.45, 2.75) is 225 Å². The number of quaternary nitrogens is 1. The number of esters is 2. The second-order valence-electron chi connectivity index (χ2n) is 17.7. The number of allylic oxidation sites excluding steroid dienone is 6. The number of carbonyl (C=O) groups is 3. The number of likely N-dealkylation sites (N-methyl/N-ethyl adjacent to an activating group) is 1. The van der Waals surface area contributed by atoms with E-state index in [2.05, 4.69) is 50.3 Å². The number of rotatable bonds is 45. The van der Waals surface area contributed by atoms with Crippen molar-refractivity contribution in [1.29, 1.82) is 0 Å². The highest BCUT2D eigenvalue weighted by molar-refractivity contribution is 5.70. The van der Waals surface area contributed by atoms with E-state index in [1.807, 2.05) is 21.1 Å². The Kier molecular flexibility index (Phi) is 41.4. The Bertz CT molecular complexity index is 1080. The molecule has 0 heterocycles. The molecule has 350 valence electrons. The smallest absolute Gasteiger partial charge is 0.306 e. The molecule has 0 spiro atoms. The Morgan fingerprint density at radius 1 is 0.500 bits per heavy atom. The summed E-state index contributed by atoms with van der Waals surface area (Å²) >= 11 is 0. The fraction of sp³-hybridized carbons (Fsp3) is 0.824. The van der Waals surface area contributed by atoms with Crippen LogP contribution in [0.15, 0.2) is 36.5 Å². The first-order valence-corrected chi connectivity index (χ1v) is 24.6. The lowest BCUT2D eigenvalue weighted by molar-refractivity contribution is -0.870. The number of hydrogen-bond acceptors (Lipinski definition) is 8. The monoisotopic (exact) mass is 848 g/mol. The summed E-state index contributed by atoms with van der Waals surface area (Å²) in [6.07, 6.45) is 46.0. The molecule has 0 aliphatic heterocycles. The Balaban J connectivity index is 4.34. The van der Waals surface area contributed by atoms with Gasteiger partial charge in [0, 0.05) is 12.8 Å². The molecule has 0 N–H and O–H groups in total. The van der Waals surface area contributed by atoms with Crippen LogP contribution in [0.25, 0.3) is 0 Å². The molecule has 0 aliphatic rings. The van der Waals surface area contributed by atoms with Crippen LogP contribution in [0.1, 0.15) is 213 Å². The van der Waals surface area contributed by atoms with Crippen molar-refractivity contribution in [1.82, 2.24) is 0 Å². The van der Waals surface area contributed by atoms with Crippen molar-refractivity contribution in [3.8, 4) is 0 Å². The lowest BCUT2D eigenvalue weighted by Gasteiger charge is -2.26. The normalized spacial score (nSPS) is 13.2. The van der Waals surface area contributed by atoms with E-state index in [0.29, 0.717) is 17.4 Å². The van der Waals surface area contributed by atoms with Crippen LogP contribution >= 0.6 is 0 Å². The summed E-state index contributed by atoms with van der Waals surface area (Å²) in [7, 11) is 5.91. The van der Waals surface area contributed by atoms with Gasteiger partial charge in [0.1, 0.15) is 13.2 Å². The minimum atomic E-state index is -1.62. The van der Waals surface area contributed by atoms with Crippen LogP contribution in [0.4, 0.5) is 0 Å². The maximum Gasteiger partial charge on any atom is 0.306 e. The SMILES string of the molecule is CCCC/C=C\C/C=C\CCCCCCCC(=O)OC(COC(=O)CCCCCCCCCCC/C=C\CCCCCCCCCC)COC(OCC[N+](C)(C)C)C(=O)[O-]. The molecule has 2 unspecified atom stereocenters. The molecule has 2 atom stereocenters. The number of carboxylic acids is 1. The van der Waals surface area contributed by atoms with Crippen LogP contribution in [0.5, 0.6) is 0 Å². The molecular weight excluding hydrogens is 755 g/mol. The minimum Gasteiger partial charge on any atom is -0.545 e. The molecule has 0 bridgehead atoms. The van der Waals surface area contributed by atoms with Gasteiger partial charge in [-0.2, -0.15) is 0 Å². The Hall–Kier alpha value is -2.49. The summed E-state index contributed by atoms with van der Waals surface area (Å²) in [6.45, 7) is 4.69. The maximum absolute atomic E-state index is 12.8. The number of nitrogens with zero attached hydrogens (tertiary/aromatic N) is 1. The average molecular weight is 848 g/mol. The van der Waals surface area contributed by atoms with Crippen LogP contribution in [0, 0.1) is 0 Å². The quantitative estimate of drug-likeness (QED) is 0.0196. The van der Waals surface area contributed by atoms with E-state index in [4.69, 9.17) is 18.9 Å². The number of carboxylic acid groups (broad SMARTS) is 1. The van der Waals surface area contributed by atoms with Gasteiger partial charge in [0.25, 0.3) is 0 Å². The second kappa shape index (κ2) is 43.2. The highest BCUT2D eigenvalue weighted by atomic mass is 16.7. The molecule has 0 fully saturated rings. The molecule has 9 heteroatoms. The first-order valence-electron chi connectivity index (χ1n) is 24.6. The molecule has 0 aromatic heterocycles. The van der Waals surface area contributed by atoms with E-state index in [0.717, 1.165) is 64.2 Å². The van der Waals surface area contributed by atoms with Crippen LogP contribution in [0.2, 0.25) is 0 Å². The van der Waals surface area contributed by atoms with E-state index in [1.54, 1.807) is 0 Å². The number of unbranched alkanes of at least 4 members (excludes halogenated alkanes) is 24. The minimum absolute atomic E-state index is 0.145. The largest absolute Gasteiger partial charge is 0.545 e. The summed E-state index contributed by atoms with van der Waals surface area (Å²) in [6, 6.07) is 0. The Labute approximate surface area is 369 Å². The zero-order valence-corrected chi connectivity index (χ0v) is 39.6. The van der Waals surface area contributed by atoms with E-state index < -0.39 is 24.3 Å². The van der Waals surface area contributed by atoms with Crippen LogP contribution < -0.4 is 5.11 Å². The summed E-state index contributed by atoms with van der Waals surface area (Å²) in [4.78, 5) is 37.0. The molecule has 0 saturated carbocycles. The molecular formula is C51H93NO8. The van der Waals surface area contributed by atoms with E-state index in [1.165, 1.54) is 116 Å². The average Bonchev–Trinajstić information content (AvgIpc) is 3.21. The summed E-state index contributed by atoms with van der Waals surface area (Å²) in [5.74, 6) is -2.30. The lowest BCUT2D eigenvalue weighted by Crippen LogP contribution is -2.44. The molecule has 60 heavy (non-hydrogen) atoms. The van der Waals surface area contributed by atoms with Gasteiger partial charge in [-0.3, -0.25) is 9.59 Å². The zero-order chi connectivity index (χ0) is 44.2.